The minimum atomic E-state index is -0.767. The molecule has 0 unspecified atom stereocenters. The van der Waals surface area contributed by atoms with Gasteiger partial charge in [0.15, 0.2) is 5.60 Å². The summed E-state index contributed by atoms with van der Waals surface area (Å²) in [7, 11) is 0. The predicted octanol–water partition coefficient (Wildman–Crippen LogP) is 4.61. The maximum atomic E-state index is 13.3. The third-order valence-corrected chi connectivity index (χ3v) is 7.75. The molecule has 2 aromatic carbocycles. The fourth-order valence-corrected chi connectivity index (χ4v) is 5.80. The molecule has 2 fully saturated rings. The van der Waals surface area contributed by atoms with Gasteiger partial charge in [-0.05, 0) is 42.5 Å². The number of amides is 2. The summed E-state index contributed by atoms with van der Waals surface area (Å²) in [5, 5.41) is 0.438. The van der Waals surface area contributed by atoms with Gasteiger partial charge in [0.05, 0.1) is 22.7 Å². The number of hydrogen-bond donors (Lipinski definition) is 0. The van der Waals surface area contributed by atoms with Gasteiger partial charge >= 0.3 is 5.97 Å². The molecule has 0 bridgehead atoms. The Hall–Kier alpha value is -2.86. The summed E-state index contributed by atoms with van der Waals surface area (Å²) in [6.45, 7) is 6.19. The maximum absolute atomic E-state index is 13.3. The molecule has 5 rings (SSSR count). The zero-order chi connectivity index (χ0) is 24.0. The van der Waals surface area contributed by atoms with Crippen LogP contribution in [0.4, 0.5) is 0 Å². The summed E-state index contributed by atoms with van der Waals surface area (Å²) in [5.74, 6) is 0.0700. The molecule has 1 atom stereocenters. The van der Waals surface area contributed by atoms with E-state index in [2.05, 4.69) is 0 Å². The van der Waals surface area contributed by atoms with Crippen molar-refractivity contribution in [3.63, 3.8) is 0 Å². The lowest BCUT2D eigenvalue weighted by atomic mass is 9.88. The van der Waals surface area contributed by atoms with Gasteiger partial charge < -0.3 is 14.5 Å². The number of carbonyl (C=O) groups excluding carboxylic acids is 3. The number of hydrogen-bond acceptors (Lipinski definition) is 4. The van der Waals surface area contributed by atoms with E-state index in [-0.39, 0.29) is 23.7 Å². The Morgan fingerprint density at radius 3 is 2.50 bits per heavy atom. The molecule has 0 aliphatic carbocycles. The number of nitrogens with zero attached hydrogens (tertiary/aromatic N) is 2. The smallest absolute Gasteiger partial charge is 0.339 e. The highest BCUT2D eigenvalue weighted by Gasteiger charge is 2.51. The molecule has 0 aromatic heterocycles. The molecule has 178 valence electrons. The molecular weight excluding hydrogens is 452 g/mol. The third kappa shape index (κ3) is 3.88. The average Bonchev–Trinajstić information content (AvgIpc) is 3.39. The summed E-state index contributed by atoms with van der Waals surface area (Å²) in [4.78, 5) is 41.6. The van der Waals surface area contributed by atoms with E-state index in [9.17, 15) is 14.4 Å². The molecule has 2 aromatic rings. The van der Waals surface area contributed by atoms with Crippen LogP contribution in [-0.4, -0.2) is 53.8 Å². The van der Waals surface area contributed by atoms with Crippen LogP contribution in [0.3, 0.4) is 0 Å². The van der Waals surface area contributed by atoms with Crippen molar-refractivity contribution in [1.29, 1.82) is 0 Å². The highest BCUT2D eigenvalue weighted by atomic mass is 35.5. The number of likely N-dealkylation sites (tertiary alicyclic amines) is 2. The second-order valence-corrected chi connectivity index (χ2v) is 10.3. The number of rotatable bonds is 3. The first kappa shape index (κ1) is 22.9. The Labute approximate surface area is 204 Å². The number of halogens is 1. The molecule has 7 heteroatoms. The van der Waals surface area contributed by atoms with E-state index in [0.717, 1.165) is 37.1 Å². The summed E-state index contributed by atoms with van der Waals surface area (Å²) < 4.78 is 5.77. The summed E-state index contributed by atoms with van der Waals surface area (Å²) in [6.07, 6.45) is 2.36. The zero-order valence-corrected chi connectivity index (χ0v) is 20.3. The van der Waals surface area contributed by atoms with Gasteiger partial charge in [-0.15, -0.1) is 0 Å². The Morgan fingerprint density at radius 2 is 1.79 bits per heavy atom. The molecule has 0 radical (unpaired) electrons. The van der Waals surface area contributed by atoms with Crippen molar-refractivity contribution in [2.75, 3.05) is 26.2 Å². The van der Waals surface area contributed by atoms with Crippen molar-refractivity contribution < 1.29 is 19.1 Å². The highest BCUT2D eigenvalue weighted by Crippen LogP contribution is 2.43. The molecule has 3 aliphatic rings. The van der Waals surface area contributed by atoms with Crippen LogP contribution in [0, 0.1) is 5.92 Å². The first-order valence-corrected chi connectivity index (χ1v) is 12.4. The molecule has 34 heavy (non-hydrogen) atoms. The molecular formula is C27H29ClN2O4. The maximum Gasteiger partial charge on any atom is 0.339 e. The van der Waals surface area contributed by atoms with Gasteiger partial charge in [0, 0.05) is 37.5 Å². The second kappa shape index (κ2) is 8.73. The number of ether oxygens (including phenoxy) is 1. The first-order valence-electron chi connectivity index (χ1n) is 12.0. The van der Waals surface area contributed by atoms with Gasteiger partial charge in [-0.3, -0.25) is 9.59 Å². The largest absolute Gasteiger partial charge is 0.449 e. The van der Waals surface area contributed by atoms with Gasteiger partial charge in [0.1, 0.15) is 0 Å². The number of carbonyl (C=O) groups is 3. The van der Waals surface area contributed by atoms with Crippen molar-refractivity contribution in [3.8, 4) is 0 Å². The summed E-state index contributed by atoms with van der Waals surface area (Å²) >= 11 is 6.60. The van der Waals surface area contributed by atoms with Crippen molar-refractivity contribution in [2.45, 2.75) is 44.6 Å². The normalized spacial score (nSPS) is 22.4. The van der Waals surface area contributed by atoms with Crippen LogP contribution in [0.5, 0.6) is 0 Å². The van der Waals surface area contributed by atoms with Gasteiger partial charge in [0.2, 0.25) is 5.91 Å². The van der Waals surface area contributed by atoms with Crippen LogP contribution in [0.25, 0.3) is 0 Å². The van der Waals surface area contributed by atoms with E-state index in [1.54, 1.807) is 11.0 Å². The Balaban J connectivity index is 1.27. The number of esters is 1. The minimum Gasteiger partial charge on any atom is -0.449 e. The summed E-state index contributed by atoms with van der Waals surface area (Å²) in [5.41, 5.74) is 2.25. The SMILES string of the molecule is CC(C)C(=O)N1CCC(c2ccc(C(=O)N3CC[C@@]4(C3)OC(=O)c3ccccc34)c(Cl)c2)CC1. The van der Waals surface area contributed by atoms with Gasteiger partial charge in [-0.25, -0.2) is 4.79 Å². The molecule has 0 N–H and O–H groups in total. The zero-order valence-electron chi connectivity index (χ0n) is 19.6. The Morgan fingerprint density at radius 1 is 1.06 bits per heavy atom. The number of benzene rings is 2. The molecule has 3 aliphatic heterocycles. The lowest BCUT2D eigenvalue weighted by Crippen LogP contribution is -2.40. The van der Waals surface area contributed by atoms with Crippen LogP contribution in [0.15, 0.2) is 42.5 Å². The number of piperidine rings is 1. The monoisotopic (exact) mass is 480 g/mol. The van der Waals surface area contributed by atoms with Gasteiger partial charge in [-0.1, -0.05) is 49.7 Å². The molecule has 6 nitrogen and oxygen atoms in total. The molecule has 2 amide bonds. The molecule has 0 saturated carbocycles. The second-order valence-electron chi connectivity index (χ2n) is 9.90. The lowest BCUT2D eigenvalue weighted by Gasteiger charge is -2.33. The molecule has 3 heterocycles. The van der Waals surface area contributed by atoms with E-state index in [1.807, 2.05) is 55.1 Å². The van der Waals surface area contributed by atoms with E-state index < -0.39 is 5.60 Å². The van der Waals surface area contributed by atoms with Crippen LogP contribution in [-0.2, 0) is 15.1 Å². The molecule has 2 saturated heterocycles. The van der Waals surface area contributed by atoms with E-state index in [4.69, 9.17) is 16.3 Å². The van der Waals surface area contributed by atoms with Crippen LogP contribution in [0.1, 0.15) is 70.9 Å². The first-order chi connectivity index (χ1) is 16.3. The van der Waals surface area contributed by atoms with E-state index in [1.165, 1.54) is 0 Å². The average molecular weight is 481 g/mol. The number of fused-ring (bicyclic) bond motifs is 2. The van der Waals surface area contributed by atoms with Crippen molar-refractivity contribution in [2.24, 2.45) is 5.92 Å². The molecule has 1 spiro atoms. The van der Waals surface area contributed by atoms with Gasteiger partial charge in [-0.2, -0.15) is 0 Å². The lowest BCUT2D eigenvalue weighted by molar-refractivity contribution is -0.135. The fraction of sp³-hybridized carbons (Fsp3) is 0.444. The van der Waals surface area contributed by atoms with E-state index in [0.29, 0.717) is 41.6 Å². The van der Waals surface area contributed by atoms with Crippen LogP contribution < -0.4 is 0 Å². The van der Waals surface area contributed by atoms with Crippen molar-refractivity contribution in [1.82, 2.24) is 9.80 Å². The Bertz CT molecular complexity index is 1160. The highest BCUT2D eigenvalue weighted by molar-refractivity contribution is 6.33. The standard InChI is InChI=1S/C27H29ClN2O4/c1-17(2)24(31)29-12-9-18(10-13-29)19-7-8-21(23(28)15-19)25(32)30-14-11-27(16-30)22-6-4-3-5-20(22)26(33)34-27/h3-8,15,17-18H,9-14,16H2,1-2H3/t27-/m0/s1. The fourth-order valence-electron chi connectivity index (χ4n) is 5.53. The summed E-state index contributed by atoms with van der Waals surface area (Å²) in [6, 6.07) is 13.1. The predicted molar refractivity (Wildman–Crippen MR) is 129 cm³/mol. The third-order valence-electron chi connectivity index (χ3n) is 7.44. The minimum absolute atomic E-state index is 0.0160. The Kier molecular flexibility index (Phi) is 5.88. The van der Waals surface area contributed by atoms with Crippen LogP contribution >= 0.6 is 11.6 Å². The van der Waals surface area contributed by atoms with E-state index >= 15 is 0 Å². The van der Waals surface area contributed by atoms with Crippen molar-refractivity contribution >= 4 is 29.4 Å². The quantitative estimate of drug-likeness (QED) is 0.601. The van der Waals surface area contributed by atoms with Gasteiger partial charge in [0.25, 0.3) is 5.91 Å². The van der Waals surface area contributed by atoms with Crippen LogP contribution in [0.2, 0.25) is 5.02 Å². The topological polar surface area (TPSA) is 66.9 Å². The van der Waals surface area contributed by atoms with Crippen molar-refractivity contribution in [3.05, 3.63) is 69.7 Å².